The monoisotopic (exact) mass is 356 g/mol. The maximum Gasteiger partial charge on any atom is 0.405 e. The normalized spacial score (nSPS) is 53.4. The zero-order chi connectivity index (χ0) is 17.6. The van der Waals surface area contributed by atoms with Gasteiger partial charge in [0.15, 0.2) is 5.41 Å². The maximum atomic E-state index is 14.1. The van der Waals surface area contributed by atoms with Crippen molar-refractivity contribution in [3.63, 3.8) is 0 Å². The summed E-state index contributed by atoms with van der Waals surface area (Å²) in [5.74, 6) is 0.466. The molecule has 6 bridgehead atoms. The van der Waals surface area contributed by atoms with Crippen molar-refractivity contribution in [2.45, 2.75) is 76.5 Å². The topological polar surface area (TPSA) is 26.3 Å². The molecule has 0 aromatic rings. The Morgan fingerprint density at radius 3 is 1.88 bits per heavy atom. The zero-order valence-corrected chi connectivity index (χ0v) is 14.8. The Morgan fingerprint density at radius 1 is 0.880 bits per heavy atom. The molecule has 0 amide bonds. The van der Waals surface area contributed by atoms with Gasteiger partial charge in [-0.2, -0.15) is 13.2 Å². The Morgan fingerprint density at radius 2 is 1.44 bits per heavy atom. The Hall–Kier alpha value is -0.740. The van der Waals surface area contributed by atoms with Crippen LogP contribution in [0.15, 0.2) is 0 Å². The fourth-order valence-electron chi connectivity index (χ4n) is 7.62. The second-order valence-corrected chi connectivity index (χ2v) is 9.93. The van der Waals surface area contributed by atoms with E-state index in [-0.39, 0.29) is 24.2 Å². The highest BCUT2D eigenvalue weighted by Crippen LogP contribution is 2.65. The Balaban J connectivity index is 1.44. The lowest BCUT2D eigenvalue weighted by Crippen LogP contribution is -2.60. The maximum absolute atomic E-state index is 14.1. The minimum atomic E-state index is -4.49. The van der Waals surface area contributed by atoms with Gasteiger partial charge in [0.25, 0.3) is 0 Å². The molecule has 0 N–H and O–H groups in total. The van der Waals surface area contributed by atoms with Gasteiger partial charge >= 0.3 is 12.1 Å². The number of carbonyl (C=O) groups excluding carboxylic acids is 1. The molecule has 0 saturated heterocycles. The molecule has 0 aromatic heterocycles. The Bertz CT molecular complexity index is 570. The number of ether oxygens (including phenoxy) is 1. The third-order valence-corrected chi connectivity index (χ3v) is 8.79. The molecule has 6 aliphatic carbocycles. The fourth-order valence-corrected chi connectivity index (χ4v) is 7.62. The third-order valence-electron chi connectivity index (χ3n) is 8.79. The van der Waals surface area contributed by atoms with E-state index in [1.807, 2.05) is 6.92 Å². The number of hydrogen-bond acceptors (Lipinski definition) is 2. The van der Waals surface area contributed by atoms with Gasteiger partial charge in [-0.15, -0.1) is 0 Å². The number of esters is 1. The highest BCUT2D eigenvalue weighted by Gasteiger charge is 2.71. The van der Waals surface area contributed by atoms with Crippen LogP contribution in [0.1, 0.15) is 64.7 Å². The largest absolute Gasteiger partial charge is 0.458 e. The van der Waals surface area contributed by atoms with Crippen LogP contribution in [0.4, 0.5) is 13.2 Å². The molecule has 6 saturated carbocycles. The molecule has 0 aromatic carbocycles. The number of carbonyl (C=O) groups is 1. The molecule has 3 atom stereocenters. The first kappa shape index (κ1) is 16.4. The SMILES string of the molecule is CC1(OC(=O)C2(C(F)(F)F)CC3CCC2C3)C2CC3CC(C2)CC1C3. The Labute approximate surface area is 146 Å². The minimum absolute atomic E-state index is 0.0450. The lowest BCUT2D eigenvalue weighted by atomic mass is 9.50. The van der Waals surface area contributed by atoms with Gasteiger partial charge < -0.3 is 4.74 Å². The van der Waals surface area contributed by atoms with E-state index in [2.05, 4.69) is 0 Å². The summed E-state index contributed by atoms with van der Waals surface area (Å²) in [4.78, 5) is 13.1. The van der Waals surface area contributed by atoms with Crippen LogP contribution in [0.25, 0.3) is 0 Å². The van der Waals surface area contributed by atoms with Gasteiger partial charge in [0.05, 0.1) is 0 Å². The van der Waals surface area contributed by atoms with Crippen molar-refractivity contribution >= 4 is 5.97 Å². The zero-order valence-electron chi connectivity index (χ0n) is 14.8. The van der Waals surface area contributed by atoms with E-state index in [0.29, 0.717) is 24.7 Å². The number of fused-ring (bicyclic) bond motifs is 2. The summed E-state index contributed by atoms with van der Waals surface area (Å²) in [5.41, 5.74) is -2.90. The summed E-state index contributed by atoms with van der Waals surface area (Å²) in [5, 5.41) is 0. The van der Waals surface area contributed by atoms with Gasteiger partial charge in [-0.05, 0) is 93.8 Å². The second-order valence-electron chi connectivity index (χ2n) is 9.93. The van der Waals surface area contributed by atoms with Crippen LogP contribution >= 0.6 is 0 Å². The van der Waals surface area contributed by atoms with Gasteiger partial charge in [-0.1, -0.05) is 6.42 Å². The molecule has 2 nitrogen and oxygen atoms in total. The summed E-state index contributed by atoms with van der Waals surface area (Å²) < 4.78 is 48.1. The summed E-state index contributed by atoms with van der Waals surface area (Å²) in [6, 6.07) is 0. The van der Waals surface area contributed by atoms with Crippen molar-refractivity contribution in [2.75, 3.05) is 0 Å². The average Bonchev–Trinajstić information content (AvgIpc) is 3.13. The van der Waals surface area contributed by atoms with E-state index in [4.69, 9.17) is 4.74 Å². The van der Waals surface area contributed by atoms with Gasteiger partial charge in [-0.25, -0.2) is 0 Å². The highest BCUT2D eigenvalue weighted by atomic mass is 19.4. The molecular formula is C20H27F3O2. The van der Waals surface area contributed by atoms with E-state index in [1.54, 1.807) is 0 Å². The first-order valence-corrected chi connectivity index (χ1v) is 10.0. The first-order valence-electron chi connectivity index (χ1n) is 10.0. The van der Waals surface area contributed by atoms with Crippen LogP contribution in [0.2, 0.25) is 0 Å². The molecule has 0 radical (unpaired) electrons. The predicted molar refractivity (Wildman–Crippen MR) is 85.5 cm³/mol. The van der Waals surface area contributed by atoms with Crippen LogP contribution < -0.4 is 0 Å². The van der Waals surface area contributed by atoms with Crippen molar-refractivity contribution in [3.8, 4) is 0 Å². The van der Waals surface area contributed by atoms with Crippen molar-refractivity contribution in [3.05, 3.63) is 0 Å². The van der Waals surface area contributed by atoms with Crippen LogP contribution in [0, 0.1) is 40.9 Å². The fraction of sp³-hybridized carbons (Fsp3) is 0.950. The van der Waals surface area contributed by atoms with Crippen LogP contribution in [-0.4, -0.2) is 17.7 Å². The smallest absolute Gasteiger partial charge is 0.405 e. The standard InChI is InChI=1S/C20H27F3O2/c1-18(15-6-12-4-13(8-15)9-16(18)7-12)25-17(24)19(20(21,22)23)10-11-2-3-14(19)5-11/h11-16H,2-10H2,1H3. The molecule has 0 spiro atoms. The average molecular weight is 356 g/mol. The molecule has 6 rings (SSSR count). The molecule has 25 heavy (non-hydrogen) atoms. The lowest BCUT2D eigenvalue weighted by molar-refractivity contribution is -0.266. The van der Waals surface area contributed by atoms with Crippen LogP contribution in [0.5, 0.6) is 0 Å². The molecule has 6 fully saturated rings. The van der Waals surface area contributed by atoms with Gasteiger partial charge in [0.1, 0.15) is 5.60 Å². The van der Waals surface area contributed by atoms with Crippen LogP contribution in [-0.2, 0) is 9.53 Å². The molecule has 140 valence electrons. The second kappa shape index (κ2) is 4.95. The number of rotatable bonds is 2. The van der Waals surface area contributed by atoms with Crippen molar-refractivity contribution in [2.24, 2.45) is 40.9 Å². The summed E-state index contributed by atoms with van der Waals surface area (Å²) >= 11 is 0. The van der Waals surface area contributed by atoms with Crippen LogP contribution in [0.3, 0.4) is 0 Å². The minimum Gasteiger partial charge on any atom is -0.458 e. The molecule has 3 unspecified atom stereocenters. The van der Waals surface area contributed by atoms with Gasteiger partial charge in [-0.3, -0.25) is 4.79 Å². The summed E-state index contributed by atoms with van der Waals surface area (Å²) in [7, 11) is 0. The molecule has 5 heteroatoms. The van der Waals surface area contributed by atoms with Crippen molar-refractivity contribution in [1.29, 1.82) is 0 Å². The summed E-state index contributed by atoms with van der Waals surface area (Å²) in [6.45, 7) is 1.94. The molecule has 0 aliphatic heterocycles. The van der Waals surface area contributed by atoms with E-state index in [0.717, 1.165) is 32.1 Å². The number of hydrogen-bond donors (Lipinski definition) is 0. The quantitative estimate of drug-likeness (QED) is 0.643. The third kappa shape index (κ3) is 2.07. The van der Waals surface area contributed by atoms with E-state index >= 15 is 0 Å². The molecule has 6 aliphatic rings. The van der Waals surface area contributed by atoms with E-state index in [9.17, 15) is 18.0 Å². The predicted octanol–water partition coefficient (Wildman–Crippen LogP) is 5.11. The molecular weight excluding hydrogens is 329 g/mol. The lowest BCUT2D eigenvalue weighted by Gasteiger charge is -2.59. The van der Waals surface area contributed by atoms with E-state index in [1.165, 1.54) is 6.42 Å². The summed E-state index contributed by atoms with van der Waals surface area (Å²) in [6.07, 6.45) is 2.75. The molecule has 0 heterocycles. The van der Waals surface area contributed by atoms with Gasteiger partial charge in [0.2, 0.25) is 0 Å². The van der Waals surface area contributed by atoms with Crippen molar-refractivity contribution in [1.82, 2.24) is 0 Å². The van der Waals surface area contributed by atoms with Gasteiger partial charge in [0, 0.05) is 0 Å². The number of halogens is 3. The van der Waals surface area contributed by atoms with Crippen molar-refractivity contribution < 1.29 is 22.7 Å². The number of alkyl halides is 3. The highest BCUT2D eigenvalue weighted by molar-refractivity contribution is 5.79. The first-order chi connectivity index (χ1) is 11.7. The van der Waals surface area contributed by atoms with E-state index < -0.39 is 29.1 Å². The Kier molecular flexibility index (Phi) is 3.25.